The quantitative estimate of drug-likeness (QED) is 0.356. The number of para-hydroxylation sites is 1. The third-order valence-electron chi connectivity index (χ3n) is 2.11. The van der Waals surface area contributed by atoms with Crippen LogP contribution in [0.1, 0.15) is 5.82 Å². The maximum absolute atomic E-state index is 4.30. The molecule has 0 aliphatic rings. The second kappa shape index (κ2) is 2.10. The highest BCUT2D eigenvalue weighted by atomic mass is 15.5. The highest BCUT2D eigenvalue weighted by Gasteiger charge is 1.95. The predicted molar refractivity (Wildman–Crippen MR) is 45.2 cm³/mol. The van der Waals surface area contributed by atoms with Gasteiger partial charge in [0.2, 0.25) is 0 Å². The number of aryl methyl sites for hydroxylation is 1. The predicted octanol–water partition coefficient (Wildman–Crippen LogP) is 0.139. The summed E-state index contributed by atoms with van der Waals surface area (Å²) in [6.07, 6.45) is 2.80. The average Bonchev–Trinajstić information content (AvgIpc) is 2.66. The molecular weight excluding hydrogens is 164 g/mol. The van der Waals surface area contributed by atoms with E-state index >= 15 is 0 Å². The van der Waals surface area contributed by atoms with Crippen molar-refractivity contribution in [2.24, 2.45) is 0 Å². The SMILES string of the molecule is Cc1n[c-][n+]2[n-]c3ccccc3n12. The van der Waals surface area contributed by atoms with E-state index in [1.54, 1.807) is 4.63 Å². The summed E-state index contributed by atoms with van der Waals surface area (Å²) in [6, 6.07) is 7.95. The normalized spacial score (nSPS) is 11.5. The summed E-state index contributed by atoms with van der Waals surface area (Å²) in [5, 5.41) is 4.30. The molecule has 64 valence electrons. The lowest BCUT2D eigenvalue weighted by Crippen LogP contribution is -2.29. The largest absolute Gasteiger partial charge is 0.343 e. The molecule has 0 radical (unpaired) electrons. The molecule has 0 unspecified atom stereocenters. The van der Waals surface area contributed by atoms with Gasteiger partial charge in [0.25, 0.3) is 0 Å². The van der Waals surface area contributed by atoms with Gasteiger partial charge in [-0.25, -0.2) is 4.98 Å². The minimum atomic E-state index is 0.897. The van der Waals surface area contributed by atoms with E-state index in [1.165, 1.54) is 0 Å². The molecule has 2 aromatic heterocycles. The zero-order valence-corrected chi connectivity index (χ0v) is 7.10. The third-order valence-corrected chi connectivity index (χ3v) is 2.11. The number of aromatic nitrogens is 4. The highest BCUT2D eigenvalue weighted by Crippen LogP contribution is 2.07. The van der Waals surface area contributed by atoms with Crippen LogP contribution in [0, 0.1) is 13.3 Å². The molecule has 3 aromatic rings. The molecule has 0 amide bonds. The van der Waals surface area contributed by atoms with E-state index in [0.29, 0.717) is 0 Å². The van der Waals surface area contributed by atoms with Crippen molar-refractivity contribution in [2.75, 3.05) is 0 Å². The molecule has 0 N–H and O–H groups in total. The second-order valence-electron chi connectivity index (χ2n) is 2.95. The summed E-state index contributed by atoms with van der Waals surface area (Å²) >= 11 is 0. The average molecular weight is 171 g/mol. The van der Waals surface area contributed by atoms with Gasteiger partial charge in [0.1, 0.15) is 0 Å². The second-order valence-corrected chi connectivity index (χ2v) is 2.95. The lowest BCUT2D eigenvalue weighted by atomic mass is 10.3. The van der Waals surface area contributed by atoms with Gasteiger partial charge in [-0.05, 0) is 11.0 Å². The molecular formula is C9H7N4-. The van der Waals surface area contributed by atoms with Crippen molar-refractivity contribution in [1.82, 2.24) is 14.6 Å². The lowest BCUT2D eigenvalue weighted by Gasteiger charge is -1.99. The Morgan fingerprint density at radius 2 is 2.31 bits per heavy atom. The zero-order valence-electron chi connectivity index (χ0n) is 7.10. The Morgan fingerprint density at radius 3 is 3.23 bits per heavy atom. The number of hydrogen-bond donors (Lipinski definition) is 0. The Balaban J connectivity index is 2.66. The van der Waals surface area contributed by atoms with Gasteiger partial charge in [0.15, 0.2) is 6.33 Å². The summed E-state index contributed by atoms with van der Waals surface area (Å²) in [7, 11) is 0. The fourth-order valence-corrected chi connectivity index (χ4v) is 1.52. The van der Waals surface area contributed by atoms with Crippen LogP contribution in [0.5, 0.6) is 0 Å². The summed E-state index contributed by atoms with van der Waals surface area (Å²) in [6.45, 7) is 1.94. The van der Waals surface area contributed by atoms with E-state index in [4.69, 9.17) is 0 Å². The van der Waals surface area contributed by atoms with Gasteiger partial charge in [0, 0.05) is 5.82 Å². The molecule has 3 rings (SSSR count). The number of nitrogens with zero attached hydrogens (tertiary/aromatic N) is 4. The molecule has 4 heteroatoms. The lowest BCUT2D eigenvalue weighted by molar-refractivity contribution is -0.679. The van der Waals surface area contributed by atoms with Crippen LogP contribution in [0.4, 0.5) is 0 Å². The first-order chi connectivity index (χ1) is 6.36. The van der Waals surface area contributed by atoms with Gasteiger partial charge in [-0.1, -0.05) is 31.2 Å². The van der Waals surface area contributed by atoms with Gasteiger partial charge in [-0.3, -0.25) is 9.73 Å². The van der Waals surface area contributed by atoms with Crippen molar-refractivity contribution >= 4 is 11.0 Å². The van der Waals surface area contributed by atoms with Crippen molar-refractivity contribution < 1.29 is 4.63 Å². The molecule has 0 atom stereocenters. The summed E-state index contributed by atoms with van der Waals surface area (Å²) in [5.74, 6) is 0.897. The first-order valence-electron chi connectivity index (χ1n) is 4.07. The molecule has 0 aliphatic heterocycles. The molecule has 13 heavy (non-hydrogen) atoms. The number of hydrogen-bond acceptors (Lipinski definition) is 1. The first kappa shape index (κ1) is 6.65. The molecule has 4 nitrogen and oxygen atoms in total. The topological polar surface area (TPSA) is 35.5 Å². The molecule has 1 aromatic carbocycles. The smallest absolute Gasteiger partial charge is 0.188 e. The van der Waals surface area contributed by atoms with Crippen LogP contribution in [0.15, 0.2) is 24.3 Å². The Labute approximate surface area is 74.4 Å². The molecule has 0 bridgehead atoms. The molecule has 0 saturated carbocycles. The Morgan fingerprint density at radius 1 is 1.46 bits per heavy atom. The zero-order chi connectivity index (χ0) is 8.84. The molecule has 0 fully saturated rings. The summed E-state index contributed by atoms with van der Waals surface area (Å²) < 4.78 is 3.55. The monoisotopic (exact) mass is 171 g/mol. The van der Waals surface area contributed by atoms with Crippen molar-refractivity contribution in [3.63, 3.8) is 0 Å². The first-order valence-corrected chi connectivity index (χ1v) is 4.07. The van der Waals surface area contributed by atoms with Crippen molar-refractivity contribution in [2.45, 2.75) is 6.92 Å². The van der Waals surface area contributed by atoms with Gasteiger partial charge in [-0.2, -0.15) is 0 Å². The molecule has 0 saturated heterocycles. The van der Waals surface area contributed by atoms with Crippen LogP contribution in [-0.2, 0) is 0 Å². The van der Waals surface area contributed by atoms with Crippen LogP contribution in [0.3, 0.4) is 0 Å². The van der Waals surface area contributed by atoms with E-state index in [9.17, 15) is 0 Å². The Hall–Kier alpha value is -1.84. The number of benzene rings is 1. The highest BCUT2D eigenvalue weighted by molar-refractivity contribution is 5.73. The van der Waals surface area contributed by atoms with Gasteiger partial charge in [-0.15, -0.1) is 0 Å². The van der Waals surface area contributed by atoms with Crippen molar-refractivity contribution in [3.8, 4) is 0 Å². The van der Waals surface area contributed by atoms with Crippen LogP contribution in [-0.4, -0.2) is 9.50 Å². The van der Waals surface area contributed by atoms with Gasteiger partial charge >= 0.3 is 0 Å². The Kier molecular flexibility index (Phi) is 1.07. The van der Waals surface area contributed by atoms with Gasteiger partial charge < -0.3 is 4.52 Å². The Bertz CT molecular complexity index is 575. The van der Waals surface area contributed by atoms with E-state index in [1.807, 2.05) is 35.7 Å². The standard InChI is InChI=1S/C9H7N4/c1-7-10-6-12-11-8-4-2-3-5-9(8)13(7)12/h2-5H,1H3/q-1. The molecule has 0 spiro atoms. The summed E-state index contributed by atoms with van der Waals surface area (Å²) in [4.78, 5) is 4.04. The van der Waals surface area contributed by atoms with E-state index < -0.39 is 0 Å². The van der Waals surface area contributed by atoms with Crippen LogP contribution in [0.2, 0.25) is 0 Å². The van der Waals surface area contributed by atoms with E-state index in [-0.39, 0.29) is 0 Å². The maximum Gasteiger partial charge on any atom is 0.188 e. The molecule has 2 heterocycles. The maximum atomic E-state index is 4.30. The van der Waals surface area contributed by atoms with Gasteiger partial charge in [0.05, 0.1) is 0 Å². The van der Waals surface area contributed by atoms with E-state index in [0.717, 1.165) is 16.9 Å². The van der Waals surface area contributed by atoms with Crippen LogP contribution < -0.4 is 9.73 Å². The van der Waals surface area contributed by atoms with E-state index in [2.05, 4.69) is 16.4 Å². The fourth-order valence-electron chi connectivity index (χ4n) is 1.52. The van der Waals surface area contributed by atoms with Crippen LogP contribution >= 0.6 is 0 Å². The van der Waals surface area contributed by atoms with Crippen molar-refractivity contribution in [3.05, 3.63) is 36.4 Å². The van der Waals surface area contributed by atoms with Crippen molar-refractivity contribution in [1.29, 1.82) is 0 Å². The fraction of sp³-hybridized carbons (Fsp3) is 0.111. The van der Waals surface area contributed by atoms with Crippen LogP contribution in [0.25, 0.3) is 11.0 Å². The summed E-state index contributed by atoms with van der Waals surface area (Å²) in [5.41, 5.74) is 2.03. The number of fused-ring (bicyclic) bond motifs is 3. The number of rotatable bonds is 0. The third kappa shape index (κ3) is 0.744. The minimum Gasteiger partial charge on any atom is -0.343 e. The molecule has 0 aliphatic carbocycles. The minimum absolute atomic E-state index is 0.897.